The molecule has 150 valence electrons. The topological polar surface area (TPSA) is 66.5 Å². The number of carbonyl (C=O) groups excluding carboxylic acids is 1. The smallest absolute Gasteiger partial charge is 0.261 e. The van der Waals surface area contributed by atoms with Crippen molar-refractivity contribution in [2.75, 3.05) is 11.8 Å². The molecule has 0 saturated carbocycles. The molecule has 5 nitrogen and oxygen atoms in total. The van der Waals surface area contributed by atoms with E-state index in [4.69, 9.17) is 11.6 Å². The van der Waals surface area contributed by atoms with Crippen molar-refractivity contribution in [2.24, 2.45) is 0 Å². The molecule has 0 bridgehead atoms. The quantitative estimate of drug-likeness (QED) is 0.617. The van der Waals surface area contributed by atoms with E-state index in [1.54, 1.807) is 43.4 Å². The Bertz CT molecular complexity index is 1110. The van der Waals surface area contributed by atoms with Gasteiger partial charge in [-0.2, -0.15) is 0 Å². The van der Waals surface area contributed by atoms with Gasteiger partial charge < -0.3 is 4.90 Å². The third kappa shape index (κ3) is 5.37. The molecular formula is C22H21ClN2O3S. The lowest BCUT2D eigenvalue weighted by Gasteiger charge is -2.18. The Labute approximate surface area is 176 Å². The Kier molecular flexibility index (Phi) is 6.25. The molecular weight excluding hydrogens is 408 g/mol. The first-order valence-electron chi connectivity index (χ1n) is 8.94. The Hall–Kier alpha value is -2.83. The van der Waals surface area contributed by atoms with Crippen LogP contribution in [0.15, 0.2) is 77.7 Å². The molecule has 0 fully saturated rings. The second kappa shape index (κ2) is 8.68. The Morgan fingerprint density at radius 2 is 1.66 bits per heavy atom. The monoisotopic (exact) mass is 428 g/mol. The van der Waals surface area contributed by atoms with E-state index in [-0.39, 0.29) is 10.8 Å². The number of rotatable bonds is 6. The maximum Gasteiger partial charge on any atom is 0.261 e. The summed E-state index contributed by atoms with van der Waals surface area (Å²) in [6.07, 6.45) is 0. The maximum atomic E-state index is 12.8. The number of nitrogens with one attached hydrogen (secondary N) is 1. The molecule has 29 heavy (non-hydrogen) atoms. The Morgan fingerprint density at radius 3 is 2.31 bits per heavy atom. The first kappa shape index (κ1) is 20.9. The third-order valence-electron chi connectivity index (χ3n) is 4.37. The van der Waals surface area contributed by atoms with Crippen molar-refractivity contribution in [3.8, 4) is 0 Å². The van der Waals surface area contributed by atoms with Crippen LogP contribution in [0.2, 0.25) is 5.02 Å². The highest BCUT2D eigenvalue weighted by Gasteiger charge is 2.18. The largest absolute Gasteiger partial charge is 0.337 e. The Balaban J connectivity index is 1.77. The zero-order valence-electron chi connectivity index (χ0n) is 16.1. The second-order valence-electron chi connectivity index (χ2n) is 6.79. The number of aryl methyl sites for hydroxylation is 1. The predicted octanol–water partition coefficient (Wildman–Crippen LogP) is 4.72. The molecule has 0 aliphatic heterocycles. The van der Waals surface area contributed by atoms with Crippen LogP contribution in [0, 0.1) is 6.92 Å². The molecule has 0 aliphatic rings. The minimum atomic E-state index is -3.81. The van der Waals surface area contributed by atoms with Gasteiger partial charge in [0, 0.05) is 29.9 Å². The second-order valence-corrected chi connectivity index (χ2v) is 8.91. The van der Waals surface area contributed by atoms with Gasteiger partial charge in [0.2, 0.25) is 0 Å². The summed E-state index contributed by atoms with van der Waals surface area (Å²) in [6.45, 7) is 2.31. The van der Waals surface area contributed by atoms with E-state index < -0.39 is 10.0 Å². The lowest BCUT2D eigenvalue weighted by atomic mass is 10.1. The fourth-order valence-electron chi connectivity index (χ4n) is 2.79. The van der Waals surface area contributed by atoms with Crippen LogP contribution in [0.5, 0.6) is 0 Å². The molecule has 0 saturated heterocycles. The van der Waals surface area contributed by atoms with E-state index in [0.29, 0.717) is 22.8 Å². The summed E-state index contributed by atoms with van der Waals surface area (Å²) in [7, 11) is -2.14. The highest BCUT2D eigenvalue weighted by atomic mass is 35.5. The first-order chi connectivity index (χ1) is 13.7. The zero-order chi connectivity index (χ0) is 21.0. The number of benzene rings is 3. The summed E-state index contributed by atoms with van der Waals surface area (Å²) < 4.78 is 27.9. The van der Waals surface area contributed by atoms with Crippen molar-refractivity contribution in [2.45, 2.75) is 18.4 Å². The van der Waals surface area contributed by atoms with Crippen LogP contribution in [0.1, 0.15) is 21.5 Å². The number of hydrogen-bond donors (Lipinski definition) is 1. The number of anilines is 1. The van der Waals surface area contributed by atoms with Crippen molar-refractivity contribution in [3.05, 3.63) is 94.5 Å². The minimum Gasteiger partial charge on any atom is -0.337 e. The molecule has 0 aliphatic carbocycles. The zero-order valence-corrected chi connectivity index (χ0v) is 17.7. The first-order valence-corrected chi connectivity index (χ1v) is 10.8. The summed E-state index contributed by atoms with van der Waals surface area (Å²) >= 11 is 5.89. The predicted molar refractivity (Wildman–Crippen MR) is 116 cm³/mol. The van der Waals surface area contributed by atoms with Crippen LogP contribution in [0.3, 0.4) is 0 Å². The van der Waals surface area contributed by atoms with Crippen LogP contribution in [0.4, 0.5) is 5.69 Å². The number of carbonyl (C=O) groups is 1. The lowest BCUT2D eigenvalue weighted by molar-refractivity contribution is 0.0785. The molecule has 1 N–H and O–H groups in total. The number of sulfonamides is 1. The van der Waals surface area contributed by atoms with Crippen LogP contribution < -0.4 is 4.72 Å². The van der Waals surface area contributed by atoms with Gasteiger partial charge in [-0.05, 0) is 55.0 Å². The van der Waals surface area contributed by atoms with E-state index >= 15 is 0 Å². The van der Waals surface area contributed by atoms with E-state index in [9.17, 15) is 13.2 Å². The van der Waals surface area contributed by atoms with Crippen molar-refractivity contribution in [1.29, 1.82) is 0 Å². The van der Waals surface area contributed by atoms with Crippen LogP contribution in [-0.2, 0) is 16.6 Å². The fourth-order valence-corrected chi connectivity index (χ4v) is 4.02. The molecule has 3 aromatic rings. The summed E-state index contributed by atoms with van der Waals surface area (Å²) in [5.41, 5.74) is 2.72. The summed E-state index contributed by atoms with van der Waals surface area (Å²) in [5.74, 6) is -0.271. The molecule has 7 heteroatoms. The lowest BCUT2D eigenvalue weighted by Crippen LogP contribution is -2.26. The van der Waals surface area contributed by atoms with E-state index in [2.05, 4.69) is 4.72 Å². The fraction of sp³-hybridized carbons (Fsp3) is 0.136. The average Bonchev–Trinajstić information content (AvgIpc) is 2.71. The number of hydrogen-bond acceptors (Lipinski definition) is 3. The van der Waals surface area contributed by atoms with Gasteiger partial charge in [-0.25, -0.2) is 8.42 Å². The van der Waals surface area contributed by atoms with Gasteiger partial charge in [-0.1, -0.05) is 47.5 Å². The summed E-state index contributed by atoms with van der Waals surface area (Å²) in [4.78, 5) is 14.3. The van der Waals surface area contributed by atoms with Crippen molar-refractivity contribution in [1.82, 2.24) is 4.90 Å². The van der Waals surface area contributed by atoms with E-state index in [0.717, 1.165) is 11.1 Å². The molecule has 3 rings (SSSR count). The van der Waals surface area contributed by atoms with Gasteiger partial charge in [-0.15, -0.1) is 0 Å². The molecule has 0 heterocycles. The van der Waals surface area contributed by atoms with E-state index in [1.807, 2.05) is 31.2 Å². The van der Waals surface area contributed by atoms with Gasteiger partial charge in [0.05, 0.1) is 4.90 Å². The number of amides is 1. The molecule has 0 aromatic heterocycles. The van der Waals surface area contributed by atoms with Gasteiger partial charge in [0.15, 0.2) is 0 Å². The van der Waals surface area contributed by atoms with Crippen molar-refractivity contribution < 1.29 is 13.2 Å². The molecule has 1 amide bonds. The van der Waals surface area contributed by atoms with Gasteiger partial charge in [0.1, 0.15) is 0 Å². The molecule has 0 atom stereocenters. The molecule has 3 aromatic carbocycles. The van der Waals surface area contributed by atoms with Gasteiger partial charge in [-0.3, -0.25) is 9.52 Å². The summed E-state index contributed by atoms with van der Waals surface area (Å²) in [6, 6.07) is 20.3. The summed E-state index contributed by atoms with van der Waals surface area (Å²) in [5, 5.41) is 0.627. The average molecular weight is 429 g/mol. The molecule has 0 unspecified atom stereocenters. The molecule has 0 spiro atoms. The van der Waals surface area contributed by atoms with Crippen LogP contribution >= 0.6 is 11.6 Å². The van der Waals surface area contributed by atoms with Crippen LogP contribution in [-0.4, -0.2) is 26.3 Å². The molecule has 0 radical (unpaired) electrons. The number of halogens is 1. The normalized spacial score (nSPS) is 11.1. The Morgan fingerprint density at radius 1 is 1.00 bits per heavy atom. The standard InChI is InChI=1S/C22H21ClN2O3S/c1-16-6-12-20(13-7-16)24-29(27,28)21-5-3-4-18(14-21)22(26)25(2)15-17-8-10-19(23)11-9-17/h3-14,24H,15H2,1-2H3. The maximum absolute atomic E-state index is 12.8. The third-order valence-corrected chi connectivity index (χ3v) is 6.01. The van der Waals surface area contributed by atoms with Gasteiger partial charge >= 0.3 is 0 Å². The van der Waals surface area contributed by atoms with Crippen molar-refractivity contribution >= 4 is 33.2 Å². The van der Waals surface area contributed by atoms with Crippen LogP contribution in [0.25, 0.3) is 0 Å². The minimum absolute atomic E-state index is 0.0313. The number of nitrogens with zero attached hydrogens (tertiary/aromatic N) is 1. The SMILES string of the molecule is Cc1ccc(NS(=O)(=O)c2cccc(C(=O)N(C)Cc3ccc(Cl)cc3)c2)cc1. The van der Waals surface area contributed by atoms with E-state index in [1.165, 1.54) is 17.0 Å². The van der Waals surface area contributed by atoms with Crippen molar-refractivity contribution in [3.63, 3.8) is 0 Å². The highest BCUT2D eigenvalue weighted by molar-refractivity contribution is 7.92. The van der Waals surface area contributed by atoms with Gasteiger partial charge in [0.25, 0.3) is 15.9 Å². The highest BCUT2D eigenvalue weighted by Crippen LogP contribution is 2.19.